The highest BCUT2D eigenvalue weighted by Crippen LogP contribution is 2.32. The first-order valence-electron chi connectivity index (χ1n) is 10.4. The number of aliphatic hydroxyl groups is 1. The van der Waals surface area contributed by atoms with E-state index >= 15 is 0 Å². The van der Waals surface area contributed by atoms with Crippen molar-refractivity contribution in [1.82, 2.24) is 0 Å². The molecule has 2 N–H and O–H groups in total. The minimum Gasteiger partial charge on any atom is -0.479 e. The molecule has 0 amide bonds. The van der Waals surface area contributed by atoms with Crippen molar-refractivity contribution < 1.29 is 72.1 Å². The lowest BCUT2D eigenvalue weighted by molar-refractivity contribution is -0.350. The Morgan fingerprint density at radius 3 is 1.74 bits per heavy atom. The average molecular weight is 508 g/mol. The zero-order valence-electron chi connectivity index (χ0n) is 19.6. The minimum absolute atomic E-state index is 0.364. The quantitative estimate of drug-likeness (QED) is 0.277. The first-order valence-corrected chi connectivity index (χ1v) is 10.4. The van der Waals surface area contributed by atoms with Crippen LogP contribution in [0.25, 0.3) is 0 Å². The Kier molecular flexibility index (Phi) is 9.91. The maximum Gasteiger partial charge on any atom is 0.335 e. The molecule has 0 bridgehead atoms. The molecule has 15 heteroatoms. The van der Waals surface area contributed by atoms with Crippen LogP contribution in [0, 0.1) is 0 Å². The fraction of sp³-hybridized carbons (Fsp3) is 0.750. The minimum atomic E-state index is -1.80. The lowest BCUT2D eigenvalue weighted by Crippen LogP contribution is -2.65. The molecule has 0 aromatic rings. The van der Waals surface area contributed by atoms with Crippen LogP contribution in [0.2, 0.25) is 0 Å². The molecule has 1 unspecified atom stereocenters. The molecule has 0 radical (unpaired) electrons. The van der Waals surface area contributed by atoms with E-state index in [2.05, 4.69) is 0 Å². The molecule has 2 aliphatic heterocycles. The topological polar surface area (TPSA) is 200 Å². The summed E-state index contributed by atoms with van der Waals surface area (Å²) in [6.45, 7) is 3.86. The summed E-state index contributed by atoms with van der Waals surface area (Å²) in [5.41, 5.74) is 0. The van der Waals surface area contributed by atoms with Crippen molar-refractivity contribution in [3.63, 3.8) is 0 Å². The first kappa shape index (κ1) is 28.4. The van der Waals surface area contributed by atoms with Gasteiger partial charge in [0.15, 0.2) is 49.2 Å². The lowest BCUT2D eigenvalue weighted by atomic mass is 9.97. The van der Waals surface area contributed by atoms with Gasteiger partial charge in [-0.15, -0.1) is 0 Å². The highest BCUT2D eigenvalue weighted by atomic mass is 16.8. The molecule has 198 valence electrons. The normalized spacial score (nSPS) is 34.9. The molecule has 2 rings (SSSR count). The molecule has 2 saturated heterocycles. The Hall–Kier alpha value is -2.85. The summed E-state index contributed by atoms with van der Waals surface area (Å²) in [6, 6.07) is 0. The second-order valence-electron chi connectivity index (χ2n) is 7.66. The van der Waals surface area contributed by atoms with E-state index in [9.17, 15) is 34.2 Å². The Bertz CT molecular complexity index is 812. The standard InChI is InChI=1S/C20H28O15/c1-7(21)30-11-6-29-19(27)16(12(11)31-8(2)22)35-20-17(33-10(4)24)14(32-9(3)23)13(28-5)15(34-20)18(25)26/h11-17,19-20,27H,6H2,1-5H3,(H,25,26)/t11-,12+,13+,14+,15+,16-,17-,19?,20-/m1/s1. The van der Waals surface area contributed by atoms with E-state index in [0.717, 1.165) is 34.8 Å². The number of carbonyl (C=O) groups excluding carboxylic acids is 4. The number of carboxylic acids is 1. The smallest absolute Gasteiger partial charge is 0.335 e. The van der Waals surface area contributed by atoms with Crippen LogP contribution in [-0.4, -0.2) is 109 Å². The number of aliphatic hydroxyl groups excluding tert-OH is 1. The Morgan fingerprint density at radius 2 is 1.26 bits per heavy atom. The van der Waals surface area contributed by atoms with Crippen LogP contribution < -0.4 is 0 Å². The molecular formula is C20H28O15. The van der Waals surface area contributed by atoms with Gasteiger partial charge in [-0.3, -0.25) is 19.2 Å². The van der Waals surface area contributed by atoms with Crippen LogP contribution in [0.1, 0.15) is 27.7 Å². The number of carboxylic acid groups (broad SMARTS) is 1. The van der Waals surface area contributed by atoms with Crippen LogP contribution >= 0.6 is 0 Å². The summed E-state index contributed by atoms with van der Waals surface area (Å²) < 4.78 is 42.2. The zero-order valence-corrected chi connectivity index (χ0v) is 19.6. The van der Waals surface area contributed by atoms with Gasteiger partial charge >= 0.3 is 29.8 Å². The van der Waals surface area contributed by atoms with Gasteiger partial charge in [0, 0.05) is 34.8 Å². The van der Waals surface area contributed by atoms with Gasteiger partial charge in [-0.05, 0) is 0 Å². The van der Waals surface area contributed by atoms with Crippen molar-refractivity contribution in [1.29, 1.82) is 0 Å². The third-order valence-electron chi connectivity index (χ3n) is 4.93. The SMILES string of the molecule is CO[C@H]1[C@H](OC(C)=O)[C@@H](OC(C)=O)[C@@H](O[C@H]2C(O)OC[C@@H](OC(C)=O)[C@@H]2OC(C)=O)O[C@@H]1C(=O)O. The number of aliphatic carboxylic acids is 1. The zero-order chi connectivity index (χ0) is 26.4. The van der Waals surface area contributed by atoms with Crippen LogP contribution in [0.5, 0.6) is 0 Å². The fourth-order valence-electron chi connectivity index (χ4n) is 3.72. The van der Waals surface area contributed by atoms with E-state index in [1.807, 2.05) is 0 Å². The largest absolute Gasteiger partial charge is 0.479 e. The molecule has 0 spiro atoms. The van der Waals surface area contributed by atoms with E-state index < -0.39 is 85.2 Å². The van der Waals surface area contributed by atoms with Crippen LogP contribution in [0.15, 0.2) is 0 Å². The predicted octanol–water partition coefficient (Wildman–Crippen LogP) is -1.73. The van der Waals surface area contributed by atoms with Gasteiger partial charge < -0.3 is 48.1 Å². The van der Waals surface area contributed by atoms with Gasteiger partial charge in [0.1, 0.15) is 6.10 Å². The number of carbonyl (C=O) groups is 5. The monoisotopic (exact) mass is 508 g/mol. The average Bonchev–Trinajstić information content (AvgIpc) is 2.72. The molecule has 2 heterocycles. The molecule has 9 atom stereocenters. The van der Waals surface area contributed by atoms with E-state index in [1.165, 1.54) is 0 Å². The number of hydrogen-bond donors (Lipinski definition) is 2. The third kappa shape index (κ3) is 7.32. The van der Waals surface area contributed by atoms with Crippen LogP contribution in [-0.2, 0) is 61.9 Å². The Labute approximate surface area is 199 Å². The number of esters is 4. The van der Waals surface area contributed by atoms with Crippen molar-refractivity contribution >= 4 is 29.8 Å². The van der Waals surface area contributed by atoms with Gasteiger partial charge in [0.05, 0.1) is 6.61 Å². The Balaban J connectivity index is 2.47. The van der Waals surface area contributed by atoms with Gasteiger partial charge in [-0.25, -0.2) is 4.79 Å². The van der Waals surface area contributed by atoms with Crippen molar-refractivity contribution in [2.24, 2.45) is 0 Å². The van der Waals surface area contributed by atoms with Crippen molar-refractivity contribution in [2.45, 2.75) is 83.0 Å². The molecule has 0 aromatic heterocycles. The van der Waals surface area contributed by atoms with E-state index in [0.29, 0.717) is 0 Å². The third-order valence-corrected chi connectivity index (χ3v) is 4.93. The summed E-state index contributed by atoms with van der Waals surface area (Å²) in [4.78, 5) is 58.6. The molecule has 0 saturated carbocycles. The second-order valence-corrected chi connectivity index (χ2v) is 7.66. The molecule has 0 aromatic carbocycles. The summed E-state index contributed by atoms with van der Waals surface area (Å²) in [5, 5.41) is 20.1. The summed E-state index contributed by atoms with van der Waals surface area (Å²) in [6.07, 6.45) is -14.1. The molecule has 2 aliphatic rings. The van der Waals surface area contributed by atoms with Gasteiger partial charge in [-0.2, -0.15) is 0 Å². The molecule has 2 fully saturated rings. The summed E-state index contributed by atoms with van der Waals surface area (Å²) in [7, 11) is 1.13. The molecule has 35 heavy (non-hydrogen) atoms. The van der Waals surface area contributed by atoms with Crippen molar-refractivity contribution in [3.8, 4) is 0 Å². The number of rotatable bonds is 8. The number of methoxy groups -OCH3 is 1. The van der Waals surface area contributed by atoms with E-state index in [-0.39, 0.29) is 6.61 Å². The summed E-state index contributed by atoms with van der Waals surface area (Å²) >= 11 is 0. The fourth-order valence-corrected chi connectivity index (χ4v) is 3.72. The van der Waals surface area contributed by atoms with Crippen molar-refractivity contribution in [2.75, 3.05) is 13.7 Å². The van der Waals surface area contributed by atoms with E-state index in [1.54, 1.807) is 0 Å². The molecular weight excluding hydrogens is 480 g/mol. The van der Waals surface area contributed by atoms with Gasteiger partial charge in [0.25, 0.3) is 0 Å². The first-order chi connectivity index (χ1) is 16.3. The highest BCUT2D eigenvalue weighted by Gasteiger charge is 2.56. The summed E-state index contributed by atoms with van der Waals surface area (Å²) in [5.74, 6) is -4.83. The van der Waals surface area contributed by atoms with Crippen LogP contribution in [0.4, 0.5) is 0 Å². The second kappa shape index (κ2) is 12.2. The molecule has 0 aliphatic carbocycles. The Morgan fingerprint density at radius 1 is 0.743 bits per heavy atom. The van der Waals surface area contributed by atoms with Gasteiger partial charge in [-0.1, -0.05) is 0 Å². The lowest BCUT2D eigenvalue weighted by Gasteiger charge is -2.46. The number of hydrogen-bond acceptors (Lipinski definition) is 14. The maximum absolute atomic E-state index is 11.9. The van der Waals surface area contributed by atoms with E-state index in [4.69, 9.17) is 37.9 Å². The van der Waals surface area contributed by atoms with Crippen LogP contribution in [0.3, 0.4) is 0 Å². The van der Waals surface area contributed by atoms with Crippen molar-refractivity contribution in [3.05, 3.63) is 0 Å². The highest BCUT2D eigenvalue weighted by molar-refractivity contribution is 5.74. The predicted molar refractivity (Wildman–Crippen MR) is 106 cm³/mol. The van der Waals surface area contributed by atoms with Gasteiger partial charge in [0.2, 0.25) is 0 Å². The number of ether oxygens (including phenoxy) is 8. The maximum atomic E-state index is 11.9. The molecule has 15 nitrogen and oxygen atoms in total.